The summed E-state index contributed by atoms with van der Waals surface area (Å²) >= 11 is 0. The van der Waals surface area contributed by atoms with Crippen molar-refractivity contribution in [3.05, 3.63) is 70.9 Å². The fourth-order valence-corrected chi connectivity index (χ4v) is 4.75. The second-order valence-electron chi connectivity index (χ2n) is 7.95. The number of benzene rings is 2. The normalized spacial score (nSPS) is 19.5. The molecule has 33 heavy (non-hydrogen) atoms. The lowest BCUT2D eigenvalue weighted by Crippen LogP contribution is -2.33. The third kappa shape index (κ3) is 3.40. The van der Waals surface area contributed by atoms with Crippen LogP contribution in [0.5, 0.6) is 17.2 Å². The van der Waals surface area contributed by atoms with Crippen LogP contribution in [-0.2, 0) is 4.79 Å². The largest absolute Gasteiger partial charge is 0.493 e. The predicted octanol–water partition coefficient (Wildman–Crippen LogP) is 3.86. The number of carbonyl (C=O) groups is 1. The molecule has 1 aromatic heterocycles. The lowest BCUT2D eigenvalue weighted by Gasteiger charge is -2.35. The van der Waals surface area contributed by atoms with Gasteiger partial charge in [-0.25, -0.2) is 9.07 Å². The van der Waals surface area contributed by atoms with Crippen molar-refractivity contribution in [3.8, 4) is 17.2 Å². The zero-order chi connectivity index (χ0) is 23.1. The maximum absolute atomic E-state index is 13.5. The average molecular weight is 450 g/mol. The third-order valence-corrected chi connectivity index (χ3v) is 6.23. The van der Waals surface area contributed by atoms with Crippen molar-refractivity contribution in [1.82, 2.24) is 14.8 Å². The monoisotopic (exact) mass is 450 g/mol. The zero-order valence-corrected chi connectivity index (χ0v) is 18.5. The van der Waals surface area contributed by atoms with E-state index in [1.807, 2.05) is 6.07 Å². The topological polar surface area (TPSA) is 87.5 Å². The molecule has 1 aliphatic heterocycles. The Hall–Kier alpha value is -3.88. The lowest BCUT2D eigenvalue weighted by molar-refractivity contribution is -0.116. The Kier molecular flexibility index (Phi) is 5.24. The number of aromatic nitrogens is 3. The molecule has 9 heteroatoms. The van der Waals surface area contributed by atoms with Gasteiger partial charge in [0, 0.05) is 23.3 Å². The van der Waals surface area contributed by atoms with Crippen LogP contribution in [0.3, 0.4) is 0 Å². The molecule has 0 bridgehead atoms. The number of rotatable bonds is 5. The van der Waals surface area contributed by atoms with Gasteiger partial charge in [-0.1, -0.05) is 12.1 Å². The Labute approximate surface area is 190 Å². The highest BCUT2D eigenvalue weighted by atomic mass is 19.1. The quantitative estimate of drug-likeness (QED) is 0.632. The molecule has 1 N–H and O–H groups in total. The minimum Gasteiger partial charge on any atom is -0.493 e. The van der Waals surface area contributed by atoms with Crippen LogP contribution in [0.15, 0.2) is 54.0 Å². The predicted molar refractivity (Wildman–Crippen MR) is 118 cm³/mol. The van der Waals surface area contributed by atoms with E-state index in [2.05, 4.69) is 15.4 Å². The van der Waals surface area contributed by atoms with Crippen molar-refractivity contribution < 1.29 is 23.4 Å². The van der Waals surface area contributed by atoms with Gasteiger partial charge >= 0.3 is 0 Å². The van der Waals surface area contributed by atoms with Crippen LogP contribution in [0.1, 0.15) is 35.9 Å². The highest BCUT2D eigenvalue weighted by molar-refractivity contribution is 6.00. The summed E-state index contributed by atoms with van der Waals surface area (Å²) in [6.45, 7) is 0. The van der Waals surface area contributed by atoms with Crippen molar-refractivity contribution in [2.45, 2.75) is 24.8 Å². The van der Waals surface area contributed by atoms with Gasteiger partial charge in [0.1, 0.15) is 18.2 Å². The van der Waals surface area contributed by atoms with Crippen LogP contribution in [0.25, 0.3) is 0 Å². The molecule has 0 saturated heterocycles. The molecule has 2 aromatic carbocycles. The molecule has 0 fully saturated rings. The molecule has 2 unspecified atom stereocenters. The fourth-order valence-electron chi connectivity index (χ4n) is 4.75. The minimum absolute atomic E-state index is 0.0129. The molecular weight excluding hydrogens is 427 g/mol. The average Bonchev–Trinajstić information content (AvgIpc) is 3.30. The molecule has 0 radical (unpaired) electrons. The first-order chi connectivity index (χ1) is 16.0. The van der Waals surface area contributed by atoms with E-state index < -0.39 is 6.04 Å². The highest BCUT2D eigenvalue weighted by Crippen LogP contribution is 2.49. The second-order valence-corrected chi connectivity index (χ2v) is 7.95. The lowest BCUT2D eigenvalue weighted by atomic mass is 9.77. The molecule has 170 valence electrons. The van der Waals surface area contributed by atoms with E-state index in [-0.39, 0.29) is 17.5 Å². The van der Waals surface area contributed by atoms with E-state index in [4.69, 9.17) is 14.2 Å². The SMILES string of the molecule is COc1ccc(C2C3=C(CC(c4ccc(F)cc4)CC3=O)Nc3ncnn32)c(OC)c1OC. The Morgan fingerprint density at radius 1 is 1.00 bits per heavy atom. The summed E-state index contributed by atoms with van der Waals surface area (Å²) in [7, 11) is 4.64. The summed E-state index contributed by atoms with van der Waals surface area (Å²) in [5, 5.41) is 7.67. The van der Waals surface area contributed by atoms with Gasteiger partial charge in [0.2, 0.25) is 11.7 Å². The standard InChI is InChI=1S/C24H23FN4O4/c1-31-19-9-8-16(22(32-2)23(19)33-3)21-20-17(28-24-26-12-27-29(21)24)10-14(11-18(20)30)13-4-6-15(25)7-5-13/h4-9,12,14,21H,10-11H2,1-3H3,(H,26,27,28). The number of anilines is 1. The molecule has 0 spiro atoms. The number of Topliss-reactive ketones (excluding diaryl/α,β-unsaturated/α-hetero) is 1. The summed E-state index contributed by atoms with van der Waals surface area (Å²) < 4.78 is 31.8. The first-order valence-corrected chi connectivity index (χ1v) is 10.5. The van der Waals surface area contributed by atoms with Gasteiger partial charge in [0.15, 0.2) is 17.3 Å². The number of hydrogen-bond donors (Lipinski definition) is 1. The van der Waals surface area contributed by atoms with Crippen LogP contribution in [-0.4, -0.2) is 41.9 Å². The number of ketones is 1. The molecular formula is C24H23FN4O4. The van der Waals surface area contributed by atoms with Crippen LogP contribution in [0, 0.1) is 5.82 Å². The van der Waals surface area contributed by atoms with E-state index in [9.17, 15) is 9.18 Å². The number of hydrogen-bond acceptors (Lipinski definition) is 7. The summed E-state index contributed by atoms with van der Waals surface area (Å²) in [4.78, 5) is 17.9. The van der Waals surface area contributed by atoms with E-state index in [0.29, 0.717) is 47.2 Å². The van der Waals surface area contributed by atoms with Gasteiger partial charge in [0.05, 0.1) is 21.3 Å². The molecule has 3 aromatic rings. The van der Waals surface area contributed by atoms with Gasteiger partial charge in [-0.15, -0.1) is 0 Å². The molecule has 5 rings (SSSR count). The van der Waals surface area contributed by atoms with E-state index >= 15 is 0 Å². The first-order valence-electron chi connectivity index (χ1n) is 10.5. The summed E-state index contributed by atoms with van der Waals surface area (Å²) in [5.74, 6) is 1.57. The Morgan fingerprint density at radius 2 is 1.76 bits per heavy atom. The van der Waals surface area contributed by atoms with Crippen LogP contribution >= 0.6 is 0 Å². The van der Waals surface area contributed by atoms with E-state index in [1.54, 1.807) is 37.1 Å². The number of allylic oxidation sites excluding steroid dienone is 2. The zero-order valence-electron chi connectivity index (χ0n) is 18.5. The number of nitrogens with zero attached hydrogens (tertiary/aromatic N) is 3. The van der Waals surface area contributed by atoms with Crippen molar-refractivity contribution in [2.24, 2.45) is 0 Å². The van der Waals surface area contributed by atoms with Crippen molar-refractivity contribution in [1.29, 1.82) is 0 Å². The fraction of sp³-hybridized carbons (Fsp3) is 0.292. The van der Waals surface area contributed by atoms with Gasteiger partial charge < -0.3 is 19.5 Å². The van der Waals surface area contributed by atoms with E-state index in [1.165, 1.54) is 25.6 Å². The van der Waals surface area contributed by atoms with Crippen molar-refractivity contribution >= 4 is 11.7 Å². The number of ether oxygens (including phenoxy) is 3. The van der Waals surface area contributed by atoms with Crippen LogP contribution in [0.2, 0.25) is 0 Å². The van der Waals surface area contributed by atoms with Crippen molar-refractivity contribution in [2.75, 3.05) is 26.6 Å². The molecule has 0 amide bonds. The Morgan fingerprint density at radius 3 is 2.45 bits per heavy atom. The third-order valence-electron chi connectivity index (χ3n) is 6.23. The number of nitrogens with one attached hydrogen (secondary N) is 1. The number of fused-ring (bicyclic) bond motifs is 1. The molecule has 8 nitrogen and oxygen atoms in total. The van der Waals surface area contributed by atoms with Crippen LogP contribution < -0.4 is 19.5 Å². The molecule has 2 aliphatic rings. The van der Waals surface area contributed by atoms with Crippen molar-refractivity contribution in [3.63, 3.8) is 0 Å². The van der Waals surface area contributed by atoms with Crippen LogP contribution in [0.4, 0.5) is 10.3 Å². The molecule has 0 saturated carbocycles. The number of carbonyl (C=O) groups excluding carboxylic acids is 1. The summed E-state index contributed by atoms with van der Waals surface area (Å²) in [6, 6.07) is 9.40. The Bertz CT molecular complexity index is 1250. The number of methoxy groups -OCH3 is 3. The molecule has 1 aliphatic carbocycles. The van der Waals surface area contributed by atoms with E-state index in [0.717, 1.165) is 11.3 Å². The second kappa shape index (κ2) is 8.23. The Balaban J connectivity index is 1.64. The minimum atomic E-state index is -0.546. The van der Waals surface area contributed by atoms with Gasteiger partial charge in [-0.2, -0.15) is 10.1 Å². The maximum atomic E-state index is 13.5. The summed E-state index contributed by atoms with van der Waals surface area (Å²) in [6.07, 6.45) is 2.34. The van der Waals surface area contributed by atoms with Gasteiger partial charge in [0.25, 0.3) is 0 Å². The smallest absolute Gasteiger partial charge is 0.226 e. The molecule has 2 heterocycles. The molecule has 2 atom stereocenters. The maximum Gasteiger partial charge on any atom is 0.226 e. The summed E-state index contributed by atoms with van der Waals surface area (Å²) in [5.41, 5.74) is 3.02. The van der Waals surface area contributed by atoms with Gasteiger partial charge in [-0.05, 0) is 42.2 Å². The highest BCUT2D eigenvalue weighted by Gasteiger charge is 2.41. The van der Waals surface area contributed by atoms with Gasteiger partial charge in [-0.3, -0.25) is 4.79 Å². The number of halogens is 1. The first kappa shape index (κ1) is 21.0.